The summed E-state index contributed by atoms with van der Waals surface area (Å²) in [5.74, 6) is 0. The molecule has 1 aliphatic rings. The number of rotatable bonds is 8. The van der Waals surface area contributed by atoms with Gasteiger partial charge in [0.2, 0.25) is 0 Å². The van der Waals surface area contributed by atoms with Gasteiger partial charge in [-0.3, -0.25) is 0 Å². The number of hydrogen-bond donors (Lipinski definition) is 0. The van der Waals surface area contributed by atoms with Crippen LogP contribution in [0.4, 0.5) is 17.3 Å². The van der Waals surface area contributed by atoms with Crippen molar-refractivity contribution in [2.75, 3.05) is 12.3 Å². The van der Waals surface area contributed by atoms with E-state index < -0.39 is 7.25 Å². The summed E-state index contributed by atoms with van der Waals surface area (Å²) >= 11 is 3.48. The molecule has 0 aromatic heterocycles. The Balaban J connectivity index is 0.000000255. The van der Waals surface area contributed by atoms with E-state index in [1.54, 1.807) is 0 Å². The second-order valence-corrected chi connectivity index (χ2v) is 14.8. The SMILES string of the molecule is F[B-](F)(F)F.[CH]1[CH][CH][CH][CH]1.[Fe+]=[C]=Cc1ccccc1.c1ccc(P(CCP(c2ccccc2)c2ccccc2)c2ccccc2)cc1. The van der Waals surface area contributed by atoms with E-state index in [9.17, 15) is 17.3 Å². The molecule has 0 saturated heterocycles. The monoisotopic (exact) mass is 708 g/mol. The molecular weight excluding hydrogens is 673 g/mol. The second kappa shape index (κ2) is 22.5. The van der Waals surface area contributed by atoms with Crippen LogP contribution in [0.25, 0.3) is 6.08 Å². The fourth-order valence-electron chi connectivity index (χ4n) is 4.38. The summed E-state index contributed by atoms with van der Waals surface area (Å²) in [6.07, 6.45) is 14.3. The Bertz CT molecular complexity index is 1370. The average Bonchev–Trinajstić information content (AvgIpc) is 3.70. The maximum absolute atomic E-state index is 9.75. The van der Waals surface area contributed by atoms with Gasteiger partial charge in [-0.05, 0) is 81.5 Å². The van der Waals surface area contributed by atoms with Crippen LogP contribution in [0.2, 0.25) is 0 Å². The molecule has 5 aromatic carbocycles. The van der Waals surface area contributed by atoms with E-state index in [0.29, 0.717) is 0 Å². The van der Waals surface area contributed by atoms with E-state index in [0.717, 1.165) is 5.56 Å². The number of benzene rings is 5. The van der Waals surface area contributed by atoms with E-state index >= 15 is 0 Å². The minimum absolute atomic E-state index is 0.348. The largest absolute Gasteiger partial charge is 0.0622 e. The van der Waals surface area contributed by atoms with Gasteiger partial charge in [0.25, 0.3) is 0 Å². The van der Waals surface area contributed by atoms with Crippen LogP contribution in [0.15, 0.2) is 152 Å². The topological polar surface area (TPSA) is 0 Å². The van der Waals surface area contributed by atoms with Crippen molar-refractivity contribution in [2.45, 2.75) is 0 Å². The molecule has 8 heteroatoms. The maximum atomic E-state index is 9.75. The summed E-state index contributed by atoms with van der Waals surface area (Å²) < 4.78 is 41.7. The zero-order valence-electron chi connectivity index (χ0n) is 25.6. The normalized spacial score (nSPS) is 12.0. The van der Waals surface area contributed by atoms with Gasteiger partial charge >= 0.3 is 69.4 Å². The first kappa shape index (κ1) is 38.4. The Morgan fingerprint density at radius 2 is 0.681 bits per heavy atom. The summed E-state index contributed by atoms with van der Waals surface area (Å²) in [7, 11) is -6.70. The fraction of sp³-hybridized carbons (Fsp3) is 0.0513. The second-order valence-electron chi connectivity index (χ2n) is 9.76. The standard InChI is InChI=1S/C26H24P2.C8H6.C5H5.BF4.Fe/c1-5-13-23(14-6-1)27(24-15-7-2-8-16-24)21-22-28(25-17-9-3-10-18-25)26-19-11-4-12-20-26;1-2-8-6-4-3-5-7-8;1-2-4-5-3-1;2-1(3,4)5;/h1-20H,21-22H2;2-7H;1-5H;;/q;;;-1;+1. The first-order chi connectivity index (χ1) is 22.8. The van der Waals surface area contributed by atoms with Crippen LogP contribution in [0, 0.1) is 32.1 Å². The molecule has 6 rings (SSSR count). The van der Waals surface area contributed by atoms with Crippen molar-refractivity contribution in [3.63, 3.8) is 0 Å². The van der Waals surface area contributed by atoms with Crippen molar-refractivity contribution >= 4 is 55.0 Å². The van der Waals surface area contributed by atoms with E-state index in [1.165, 1.54) is 33.5 Å². The van der Waals surface area contributed by atoms with Crippen molar-refractivity contribution in [1.29, 1.82) is 0 Å². The molecule has 47 heavy (non-hydrogen) atoms. The third kappa shape index (κ3) is 16.5. The van der Waals surface area contributed by atoms with E-state index in [2.05, 4.69) is 141 Å². The first-order valence-corrected chi connectivity index (χ1v) is 18.5. The molecule has 1 aliphatic carbocycles. The van der Waals surface area contributed by atoms with Gasteiger partial charge in [-0.25, -0.2) is 0 Å². The molecule has 1 saturated carbocycles. The van der Waals surface area contributed by atoms with Crippen LogP contribution in [0.5, 0.6) is 0 Å². The molecule has 5 aromatic rings. The van der Waals surface area contributed by atoms with Crippen LogP contribution >= 0.6 is 15.8 Å². The van der Waals surface area contributed by atoms with Gasteiger partial charge in [0.05, 0.1) is 0 Å². The molecule has 0 aliphatic heterocycles. The molecule has 0 N–H and O–H groups in total. The minimum atomic E-state index is -6.00. The Hall–Kier alpha value is -3.09. The van der Waals surface area contributed by atoms with Gasteiger partial charge in [-0.15, -0.1) is 0 Å². The predicted molar refractivity (Wildman–Crippen MR) is 195 cm³/mol. The zero-order chi connectivity index (χ0) is 33.6. The molecule has 0 nitrogen and oxygen atoms in total. The molecule has 5 radical (unpaired) electrons. The Kier molecular flexibility index (Phi) is 18.3. The van der Waals surface area contributed by atoms with Gasteiger partial charge in [-0.2, -0.15) is 0 Å². The van der Waals surface area contributed by atoms with Crippen molar-refractivity contribution < 1.29 is 32.8 Å². The van der Waals surface area contributed by atoms with Gasteiger partial charge in [-0.1, -0.05) is 121 Å². The van der Waals surface area contributed by atoms with E-state index in [-0.39, 0.29) is 15.8 Å². The average molecular weight is 708 g/mol. The summed E-state index contributed by atoms with van der Waals surface area (Å²) in [5.41, 5.74) is 1.15. The first-order valence-electron chi connectivity index (χ1n) is 14.9. The molecular formula is C39H35BF4FeP2. The maximum Gasteiger partial charge on any atom is -0.0195 e. The van der Waals surface area contributed by atoms with Gasteiger partial charge in [0, 0.05) is 0 Å². The number of halogens is 4. The van der Waals surface area contributed by atoms with Crippen molar-refractivity contribution in [1.82, 2.24) is 0 Å². The summed E-state index contributed by atoms with van der Waals surface area (Å²) in [5, 5.41) is 5.89. The van der Waals surface area contributed by atoms with Crippen molar-refractivity contribution in [2.24, 2.45) is 0 Å². The van der Waals surface area contributed by atoms with Gasteiger partial charge in [0.15, 0.2) is 0 Å². The van der Waals surface area contributed by atoms with Crippen LogP contribution < -0.4 is 21.2 Å². The van der Waals surface area contributed by atoms with E-state index in [1.807, 2.05) is 68.5 Å². The van der Waals surface area contributed by atoms with Crippen molar-refractivity contribution in [3.05, 3.63) is 189 Å². The zero-order valence-corrected chi connectivity index (χ0v) is 28.5. The molecule has 1 fully saturated rings. The van der Waals surface area contributed by atoms with Crippen LogP contribution in [-0.2, 0) is 15.6 Å². The Labute approximate surface area is 288 Å². The Morgan fingerprint density at radius 3 is 0.915 bits per heavy atom. The van der Waals surface area contributed by atoms with Gasteiger partial charge < -0.3 is 17.3 Å². The van der Waals surface area contributed by atoms with Crippen LogP contribution in [0.3, 0.4) is 0 Å². The molecule has 0 bridgehead atoms. The Morgan fingerprint density at radius 1 is 0.447 bits per heavy atom. The smallest absolute Gasteiger partial charge is 0.0195 e. The van der Waals surface area contributed by atoms with Crippen LogP contribution in [-0.4, -0.2) is 24.2 Å². The van der Waals surface area contributed by atoms with Gasteiger partial charge in [0.1, 0.15) is 0 Å². The van der Waals surface area contributed by atoms with E-state index in [4.69, 9.17) is 0 Å². The number of hydrogen-bond acceptors (Lipinski definition) is 0. The molecule has 240 valence electrons. The molecule has 0 spiro atoms. The third-order valence-electron chi connectivity index (χ3n) is 6.39. The summed E-state index contributed by atoms with van der Waals surface area (Å²) in [6, 6.07) is 54.2. The third-order valence-corrected chi connectivity index (χ3v) is 11.9. The fourth-order valence-corrected chi connectivity index (χ4v) is 9.92. The molecule has 0 atom stereocenters. The predicted octanol–water partition coefficient (Wildman–Crippen LogP) is 9.22. The quantitative estimate of drug-likeness (QED) is 0.0858. The summed E-state index contributed by atoms with van der Waals surface area (Å²) in [4.78, 5) is 0. The molecule has 0 heterocycles. The molecule has 0 amide bonds. The summed E-state index contributed by atoms with van der Waals surface area (Å²) in [6.45, 7) is 0. The minimum Gasteiger partial charge on any atom is -0.0622 e. The van der Waals surface area contributed by atoms with Crippen molar-refractivity contribution in [3.8, 4) is 0 Å². The van der Waals surface area contributed by atoms with Crippen LogP contribution in [0.1, 0.15) is 5.56 Å². The molecule has 0 unspecified atom stereocenters.